The molecule has 0 aromatic heterocycles. The van der Waals surface area contributed by atoms with Gasteiger partial charge in [0.1, 0.15) is 12.9 Å². The molecule has 0 spiro atoms. The Morgan fingerprint density at radius 1 is 1.33 bits per heavy atom. The minimum atomic E-state index is 0.215. The lowest BCUT2D eigenvalue weighted by atomic mass is 10.0. The van der Waals surface area contributed by atoms with Crippen molar-refractivity contribution in [3.8, 4) is 0 Å². The predicted octanol–water partition coefficient (Wildman–Crippen LogP) is 3.60. The van der Waals surface area contributed by atoms with Gasteiger partial charge in [0.25, 0.3) is 0 Å². The first-order valence-corrected chi connectivity index (χ1v) is 6.00. The van der Waals surface area contributed by atoms with Crippen LogP contribution >= 0.6 is 0 Å². The summed E-state index contributed by atoms with van der Waals surface area (Å²) in [6.45, 7) is 6.33. The molecule has 0 radical (unpaired) electrons. The summed E-state index contributed by atoms with van der Waals surface area (Å²) in [6, 6.07) is 7.16. The third kappa shape index (κ3) is 3.84. The fraction of sp³-hybridized carbons (Fsp3) is 0.333. The first-order valence-electron chi connectivity index (χ1n) is 6.00. The molecule has 0 unspecified atom stereocenters. The number of allylic oxidation sites excluding steroid dienone is 1. The molecule has 1 aromatic carbocycles. The van der Waals surface area contributed by atoms with Crippen LogP contribution in [0.5, 0.6) is 0 Å². The second-order valence-electron chi connectivity index (χ2n) is 4.38. The van der Waals surface area contributed by atoms with E-state index in [1.165, 1.54) is 0 Å². The summed E-state index contributed by atoms with van der Waals surface area (Å²) in [5.74, 6) is 0.493. The Kier molecular flexibility index (Phi) is 5.31. The van der Waals surface area contributed by atoms with Crippen molar-refractivity contribution in [3.63, 3.8) is 0 Å². The van der Waals surface area contributed by atoms with Crippen molar-refractivity contribution in [2.24, 2.45) is 5.92 Å². The molecule has 0 atom stereocenters. The zero-order chi connectivity index (χ0) is 13.5. The van der Waals surface area contributed by atoms with Gasteiger partial charge in [0, 0.05) is 11.1 Å². The zero-order valence-corrected chi connectivity index (χ0v) is 11.1. The molecule has 18 heavy (non-hydrogen) atoms. The van der Waals surface area contributed by atoms with Crippen molar-refractivity contribution in [1.82, 2.24) is 0 Å². The van der Waals surface area contributed by atoms with Crippen LogP contribution in [0, 0.1) is 11.3 Å². The highest BCUT2D eigenvalue weighted by molar-refractivity contribution is 5.91. The van der Waals surface area contributed by atoms with E-state index < -0.39 is 0 Å². The Balaban J connectivity index is 2.59. The van der Waals surface area contributed by atoms with Crippen LogP contribution in [0.2, 0.25) is 0 Å². The average molecular weight is 245 g/mol. The van der Waals surface area contributed by atoms with E-state index in [-0.39, 0.29) is 11.8 Å². The summed E-state index contributed by atoms with van der Waals surface area (Å²) in [7, 11) is 0. The first-order chi connectivity index (χ1) is 8.58. The van der Waals surface area contributed by atoms with Gasteiger partial charge in [-0.25, -0.2) is 0 Å². The molecular formula is C15H19NO2. The minimum absolute atomic E-state index is 0.215. The highest BCUT2D eigenvalue weighted by Gasteiger charge is 2.09. The Morgan fingerprint density at radius 3 is 2.39 bits per heavy atom. The van der Waals surface area contributed by atoms with Gasteiger partial charge in [-0.2, -0.15) is 0 Å². The maximum absolute atomic E-state index is 10.5. The predicted molar refractivity (Wildman–Crippen MR) is 72.9 cm³/mol. The van der Waals surface area contributed by atoms with Gasteiger partial charge in [-0.1, -0.05) is 44.2 Å². The van der Waals surface area contributed by atoms with Crippen molar-refractivity contribution in [2.45, 2.75) is 27.4 Å². The molecule has 0 saturated carbocycles. The Hall–Kier alpha value is -1.90. The van der Waals surface area contributed by atoms with Gasteiger partial charge in [-0.3, -0.25) is 10.2 Å². The third-order valence-corrected chi connectivity index (χ3v) is 2.69. The molecule has 0 amide bonds. The van der Waals surface area contributed by atoms with Crippen LogP contribution in [0.15, 0.2) is 35.9 Å². The lowest BCUT2D eigenvalue weighted by Crippen LogP contribution is -2.11. The fourth-order valence-electron chi connectivity index (χ4n) is 1.66. The highest BCUT2D eigenvalue weighted by atomic mass is 16.5. The average Bonchev–Trinajstić information content (AvgIpc) is 2.37. The van der Waals surface area contributed by atoms with Crippen LogP contribution < -0.4 is 0 Å². The van der Waals surface area contributed by atoms with Gasteiger partial charge in [0.2, 0.25) is 5.90 Å². The van der Waals surface area contributed by atoms with E-state index >= 15 is 0 Å². The number of nitrogens with one attached hydrogen (secondary N) is 1. The molecule has 3 heteroatoms. The number of rotatable bonds is 5. The number of benzene rings is 1. The fourth-order valence-corrected chi connectivity index (χ4v) is 1.66. The van der Waals surface area contributed by atoms with E-state index in [2.05, 4.69) is 0 Å². The molecule has 96 valence electrons. The lowest BCUT2D eigenvalue weighted by molar-refractivity contribution is 0.112. The van der Waals surface area contributed by atoms with Gasteiger partial charge < -0.3 is 4.74 Å². The SMILES string of the molecule is C/C=C(\C(=N)OCc1ccc(C=O)cc1)C(C)C. The number of ether oxygens (including phenoxy) is 1. The summed E-state index contributed by atoms with van der Waals surface area (Å²) in [6.07, 6.45) is 2.71. The van der Waals surface area contributed by atoms with Crippen LogP contribution in [-0.4, -0.2) is 12.2 Å². The van der Waals surface area contributed by atoms with E-state index in [1.807, 2.05) is 39.0 Å². The quantitative estimate of drug-likeness (QED) is 0.489. The van der Waals surface area contributed by atoms with E-state index in [4.69, 9.17) is 10.1 Å². The van der Waals surface area contributed by atoms with Gasteiger partial charge in [0.15, 0.2) is 0 Å². The second kappa shape index (κ2) is 6.74. The minimum Gasteiger partial charge on any atom is -0.473 e. The maximum atomic E-state index is 10.5. The molecule has 3 nitrogen and oxygen atoms in total. The van der Waals surface area contributed by atoms with Crippen molar-refractivity contribution < 1.29 is 9.53 Å². The topological polar surface area (TPSA) is 50.1 Å². The molecule has 0 aliphatic rings. The number of hydrogen-bond acceptors (Lipinski definition) is 3. The molecule has 0 aliphatic carbocycles. The van der Waals surface area contributed by atoms with Gasteiger partial charge in [0.05, 0.1) is 0 Å². The molecule has 0 aliphatic heterocycles. The summed E-state index contributed by atoms with van der Waals surface area (Å²) < 4.78 is 5.44. The third-order valence-electron chi connectivity index (χ3n) is 2.69. The van der Waals surface area contributed by atoms with Crippen LogP contribution in [0.3, 0.4) is 0 Å². The summed E-state index contributed by atoms with van der Waals surface area (Å²) in [5, 5.41) is 7.86. The van der Waals surface area contributed by atoms with Gasteiger partial charge in [-0.15, -0.1) is 0 Å². The molecule has 0 heterocycles. The highest BCUT2D eigenvalue weighted by Crippen LogP contribution is 2.13. The Morgan fingerprint density at radius 2 is 1.94 bits per heavy atom. The number of carbonyl (C=O) groups is 1. The molecule has 0 saturated heterocycles. The van der Waals surface area contributed by atoms with Crippen LogP contribution in [0.25, 0.3) is 0 Å². The number of aldehydes is 1. The van der Waals surface area contributed by atoms with E-state index in [0.29, 0.717) is 12.2 Å². The first kappa shape index (κ1) is 14.2. The summed E-state index contributed by atoms with van der Waals surface area (Å²) >= 11 is 0. The summed E-state index contributed by atoms with van der Waals surface area (Å²) in [4.78, 5) is 10.5. The molecule has 0 fully saturated rings. The van der Waals surface area contributed by atoms with E-state index in [1.54, 1.807) is 12.1 Å². The van der Waals surface area contributed by atoms with E-state index in [9.17, 15) is 4.79 Å². The van der Waals surface area contributed by atoms with Crippen LogP contribution in [0.1, 0.15) is 36.7 Å². The van der Waals surface area contributed by atoms with Crippen molar-refractivity contribution in [1.29, 1.82) is 5.41 Å². The zero-order valence-electron chi connectivity index (χ0n) is 11.1. The largest absolute Gasteiger partial charge is 0.473 e. The standard InChI is InChI=1S/C15H19NO2/c1-4-14(11(2)3)15(16)18-10-13-7-5-12(9-17)6-8-13/h4-9,11,16H,10H2,1-3H3/b14-4-,16-15?. The normalized spacial score (nSPS) is 11.4. The molecular weight excluding hydrogens is 226 g/mol. The monoisotopic (exact) mass is 245 g/mol. The molecule has 1 N–H and O–H groups in total. The van der Waals surface area contributed by atoms with E-state index in [0.717, 1.165) is 17.4 Å². The maximum Gasteiger partial charge on any atom is 0.209 e. The molecule has 1 aromatic rings. The number of carbonyl (C=O) groups excluding carboxylic acids is 1. The van der Waals surface area contributed by atoms with Crippen molar-refractivity contribution in [2.75, 3.05) is 0 Å². The van der Waals surface area contributed by atoms with Gasteiger partial charge in [-0.05, 0) is 18.4 Å². The lowest BCUT2D eigenvalue weighted by Gasteiger charge is -2.13. The van der Waals surface area contributed by atoms with Crippen LogP contribution in [-0.2, 0) is 11.3 Å². The number of hydrogen-bond donors (Lipinski definition) is 1. The molecule has 1 rings (SSSR count). The smallest absolute Gasteiger partial charge is 0.209 e. The van der Waals surface area contributed by atoms with Crippen molar-refractivity contribution in [3.05, 3.63) is 47.0 Å². The summed E-state index contributed by atoms with van der Waals surface area (Å²) in [5.41, 5.74) is 2.49. The van der Waals surface area contributed by atoms with Crippen LogP contribution in [0.4, 0.5) is 0 Å². The second-order valence-corrected chi connectivity index (χ2v) is 4.38. The Labute approximate surface area is 108 Å². The van der Waals surface area contributed by atoms with Gasteiger partial charge >= 0.3 is 0 Å². The molecule has 0 bridgehead atoms. The van der Waals surface area contributed by atoms with Crippen molar-refractivity contribution >= 4 is 12.2 Å². The Bertz CT molecular complexity index is 444.